The summed E-state index contributed by atoms with van der Waals surface area (Å²) in [4.78, 5) is 0. The van der Waals surface area contributed by atoms with E-state index in [9.17, 15) is 0 Å². The monoisotopic (exact) mass is 225 g/mol. The van der Waals surface area contributed by atoms with E-state index >= 15 is 0 Å². The first kappa shape index (κ1) is 11.9. The third-order valence-electron chi connectivity index (χ3n) is 2.99. The average Bonchev–Trinajstić information content (AvgIpc) is 2.36. The number of nitrogens with one attached hydrogen (secondary N) is 1. The molecule has 1 unspecified atom stereocenters. The summed E-state index contributed by atoms with van der Waals surface area (Å²) in [6.07, 6.45) is 2.96. The fourth-order valence-corrected chi connectivity index (χ4v) is 1.97. The van der Waals surface area contributed by atoms with E-state index in [2.05, 4.69) is 61.3 Å². The maximum Gasteiger partial charge on any atom is 0.0208 e. The predicted octanol–water partition coefficient (Wildman–Crippen LogP) is 3.89. The van der Waals surface area contributed by atoms with E-state index in [4.69, 9.17) is 0 Å². The molecule has 0 aliphatic rings. The third kappa shape index (κ3) is 3.18. The van der Waals surface area contributed by atoms with Crippen molar-refractivity contribution >= 4 is 10.8 Å². The molecule has 0 aliphatic carbocycles. The van der Waals surface area contributed by atoms with Crippen LogP contribution in [0.2, 0.25) is 0 Å². The van der Waals surface area contributed by atoms with E-state index < -0.39 is 0 Å². The normalized spacial score (nSPS) is 12.5. The molecule has 0 saturated heterocycles. The smallest absolute Gasteiger partial charge is 0.0208 e. The molecule has 1 nitrogen and oxygen atoms in total. The van der Waals surface area contributed by atoms with Crippen LogP contribution in [0, 0.1) is 0 Å². The molecule has 0 radical (unpaired) electrons. The summed E-state index contributed by atoms with van der Waals surface area (Å²) in [6.45, 7) is 6.86. The lowest BCUT2D eigenvalue weighted by Crippen LogP contribution is -2.24. The van der Waals surface area contributed by atoms with Crippen molar-refractivity contribution in [2.24, 2.45) is 0 Å². The van der Waals surface area contributed by atoms with Crippen molar-refractivity contribution in [2.45, 2.75) is 25.9 Å². The lowest BCUT2D eigenvalue weighted by Gasteiger charge is -2.11. The third-order valence-corrected chi connectivity index (χ3v) is 2.99. The average molecular weight is 225 g/mol. The Bertz CT molecular complexity index is 502. The number of rotatable bonds is 5. The van der Waals surface area contributed by atoms with Gasteiger partial charge in [-0.3, -0.25) is 0 Å². The van der Waals surface area contributed by atoms with Crippen LogP contribution in [0.1, 0.15) is 18.9 Å². The van der Waals surface area contributed by atoms with Gasteiger partial charge in [0.25, 0.3) is 0 Å². The largest absolute Gasteiger partial charge is 0.310 e. The van der Waals surface area contributed by atoms with Crippen LogP contribution in [-0.4, -0.2) is 6.04 Å². The highest BCUT2D eigenvalue weighted by atomic mass is 14.9. The second-order valence-electron chi connectivity index (χ2n) is 4.49. The Kier molecular flexibility index (Phi) is 3.94. The summed E-state index contributed by atoms with van der Waals surface area (Å²) < 4.78 is 0. The molecule has 0 aromatic heterocycles. The van der Waals surface area contributed by atoms with Gasteiger partial charge >= 0.3 is 0 Å². The van der Waals surface area contributed by atoms with Gasteiger partial charge in [0.05, 0.1) is 0 Å². The highest BCUT2D eigenvalue weighted by Crippen LogP contribution is 2.15. The maximum absolute atomic E-state index is 3.76. The number of benzene rings is 2. The molecule has 0 amide bonds. The molecule has 0 fully saturated rings. The van der Waals surface area contributed by atoms with Crippen molar-refractivity contribution in [3.8, 4) is 0 Å². The Morgan fingerprint density at radius 1 is 1.18 bits per heavy atom. The van der Waals surface area contributed by atoms with Crippen molar-refractivity contribution < 1.29 is 0 Å². The topological polar surface area (TPSA) is 12.0 Å². The molecule has 2 aromatic carbocycles. The summed E-state index contributed by atoms with van der Waals surface area (Å²) in [5.41, 5.74) is 1.33. The molecule has 1 heteroatoms. The van der Waals surface area contributed by atoms with Gasteiger partial charge in [-0.15, -0.1) is 6.58 Å². The molecule has 88 valence electrons. The zero-order valence-electron chi connectivity index (χ0n) is 10.3. The number of hydrogen-bond acceptors (Lipinski definition) is 1. The molecular formula is C16H19N. The van der Waals surface area contributed by atoms with Crippen LogP contribution in [0.15, 0.2) is 55.1 Å². The molecule has 0 heterocycles. The Labute approximate surface area is 103 Å². The van der Waals surface area contributed by atoms with Gasteiger partial charge in [-0.1, -0.05) is 42.5 Å². The first-order valence-corrected chi connectivity index (χ1v) is 6.11. The van der Waals surface area contributed by atoms with Crippen molar-refractivity contribution in [3.05, 3.63) is 60.7 Å². The standard InChI is InChI=1S/C16H19N/c1-3-6-13(2)17-12-14-9-10-15-7-4-5-8-16(15)11-14/h3-5,7-11,13,17H,1,6,12H2,2H3. The van der Waals surface area contributed by atoms with Gasteiger partial charge in [0.1, 0.15) is 0 Å². The number of fused-ring (bicyclic) bond motifs is 1. The summed E-state index contributed by atoms with van der Waals surface area (Å²) in [5, 5.41) is 6.10. The van der Waals surface area contributed by atoms with E-state index in [1.54, 1.807) is 0 Å². The highest BCUT2D eigenvalue weighted by molar-refractivity contribution is 5.82. The molecule has 0 bridgehead atoms. The fraction of sp³-hybridized carbons (Fsp3) is 0.250. The summed E-state index contributed by atoms with van der Waals surface area (Å²) in [6, 6.07) is 15.6. The molecule has 0 aliphatic heterocycles. The number of hydrogen-bond donors (Lipinski definition) is 1. The van der Waals surface area contributed by atoms with E-state index in [1.165, 1.54) is 16.3 Å². The van der Waals surface area contributed by atoms with E-state index in [1.807, 2.05) is 6.08 Å². The van der Waals surface area contributed by atoms with Crippen LogP contribution in [0.5, 0.6) is 0 Å². The molecule has 0 spiro atoms. The van der Waals surface area contributed by atoms with Gasteiger partial charge in [0.2, 0.25) is 0 Å². The van der Waals surface area contributed by atoms with E-state index in [0.29, 0.717) is 6.04 Å². The molecule has 2 rings (SSSR count). The Hall–Kier alpha value is -1.60. The molecule has 0 saturated carbocycles. The van der Waals surface area contributed by atoms with Gasteiger partial charge in [-0.05, 0) is 35.7 Å². The van der Waals surface area contributed by atoms with E-state index in [0.717, 1.165) is 13.0 Å². The Balaban J connectivity index is 2.06. The second kappa shape index (κ2) is 5.65. The molecule has 1 N–H and O–H groups in total. The van der Waals surface area contributed by atoms with Crippen molar-refractivity contribution in [2.75, 3.05) is 0 Å². The zero-order chi connectivity index (χ0) is 12.1. The maximum atomic E-state index is 3.76. The SMILES string of the molecule is C=CCC(C)NCc1ccc2ccccc2c1. The van der Waals surface area contributed by atoms with Gasteiger partial charge in [0, 0.05) is 12.6 Å². The van der Waals surface area contributed by atoms with Gasteiger partial charge in [-0.25, -0.2) is 0 Å². The van der Waals surface area contributed by atoms with Crippen molar-refractivity contribution in [1.82, 2.24) is 5.32 Å². The van der Waals surface area contributed by atoms with Gasteiger partial charge in [0.15, 0.2) is 0 Å². The van der Waals surface area contributed by atoms with Crippen LogP contribution in [0.3, 0.4) is 0 Å². The minimum absolute atomic E-state index is 0.485. The minimum Gasteiger partial charge on any atom is -0.310 e. The summed E-state index contributed by atoms with van der Waals surface area (Å²) >= 11 is 0. The summed E-state index contributed by atoms with van der Waals surface area (Å²) in [7, 11) is 0. The first-order valence-electron chi connectivity index (χ1n) is 6.11. The molecular weight excluding hydrogens is 206 g/mol. The lowest BCUT2D eigenvalue weighted by molar-refractivity contribution is 0.554. The molecule has 1 atom stereocenters. The molecule has 2 aromatic rings. The van der Waals surface area contributed by atoms with Crippen molar-refractivity contribution in [3.63, 3.8) is 0 Å². The van der Waals surface area contributed by atoms with Gasteiger partial charge < -0.3 is 5.32 Å². The highest BCUT2D eigenvalue weighted by Gasteiger charge is 2.00. The Morgan fingerprint density at radius 3 is 2.71 bits per heavy atom. The molecule has 17 heavy (non-hydrogen) atoms. The quantitative estimate of drug-likeness (QED) is 0.761. The van der Waals surface area contributed by atoms with Crippen LogP contribution < -0.4 is 5.32 Å². The van der Waals surface area contributed by atoms with E-state index in [-0.39, 0.29) is 0 Å². The lowest BCUT2D eigenvalue weighted by atomic mass is 10.1. The van der Waals surface area contributed by atoms with Crippen molar-refractivity contribution in [1.29, 1.82) is 0 Å². The first-order chi connectivity index (χ1) is 8.29. The van der Waals surface area contributed by atoms with Crippen LogP contribution >= 0.6 is 0 Å². The van der Waals surface area contributed by atoms with Crippen LogP contribution in [0.4, 0.5) is 0 Å². The van der Waals surface area contributed by atoms with Crippen LogP contribution in [0.25, 0.3) is 10.8 Å². The fourth-order valence-electron chi connectivity index (χ4n) is 1.97. The zero-order valence-corrected chi connectivity index (χ0v) is 10.3. The van der Waals surface area contributed by atoms with Crippen LogP contribution in [-0.2, 0) is 6.54 Å². The summed E-state index contributed by atoms with van der Waals surface area (Å²) in [5.74, 6) is 0. The Morgan fingerprint density at radius 2 is 1.94 bits per heavy atom. The minimum atomic E-state index is 0.485. The van der Waals surface area contributed by atoms with Gasteiger partial charge in [-0.2, -0.15) is 0 Å². The second-order valence-corrected chi connectivity index (χ2v) is 4.49. The predicted molar refractivity (Wildman–Crippen MR) is 75.1 cm³/mol.